The lowest BCUT2D eigenvalue weighted by Crippen LogP contribution is -2.00. The van der Waals surface area contributed by atoms with Crippen LogP contribution in [0.2, 0.25) is 0 Å². The van der Waals surface area contributed by atoms with Crippen LogP contribution in [0, 0.1) is 0 Å². The van der Waals surface area contributed by atoms with Crippen LogP contribution in [-0.2, 0) is 24.9 Å². The number of aromatic nitrogens is 2. The molecule has 0 unspecified atom stereocenters. The Labute approximate surface area is 79.8 Å². The molecule has 12 heavy (non-hydrogen) atoms. The van der Waals surface area contributed by atoms with Crippen molar-refractivity contribution >= 4 is 15.9 Å². The smallest absolute Gasteiger partial charge is 0.108 e. The lowest BCUT2D eigenvalue weighted by Gasteiger charge is -1.96. The van der Waals surface area contributed by atoms with Crippen molar-refractivity contribution in [2.75, 3.05) is 7.11 Å². The van der Waals surface area contributed by atoms with Crippen molar-refractivity contribution in [2.45, 2.75) is 13.2 Å². The fraction of sp³-hybridized carbons (Fsp3) is 0.571. The highest BCUT2D eigenvalue weighted by Crippen LogP contribution is 2.19. The van der Waals surface area contributed by atoms with Crippen LogP contribution in [0.1, 0.15) is 11.3 Å². The van der Waals surface area contributed by atoms with Gasteiger partial charge >= 0.3 is 0 Å². The summed E-state index contributed by atoms with van der Waals surface area (Å²) >= 11 is 3.40. The Morgan fingerprint density at radius 1 is 1.67 bits per heavy atom. The van der Waals surface area contributed by atoms with E-state index in [-0.39, 0.29) is 0 Å². The molecule has 2 N–H and O–H groups in total. The molecule has 0 radical (unpaired) electrons. The van der Waals surface area contributed by atoms with Crippen molar-refractivity contribution in [3.05, 3.63) is 15.9 Å². The Kier molecular flexibility index (Phi) is 3.25. The highest BCUT2D eigenvalue weighted by molar-refractivity contribution is 9.10. The number of hydrogen-bond acceptors (Lipinski definition) is 3. The first-order valence-corrected chi connectivity index (χ1v) is 4.39. The zero-order valence-corrected chi connectivity index (χ0v) is 8.76. The zero-order valence-electron chi connectivity index (χ0n) is 7.17. The van der Waals surface area contributed by atoms with E-state index < -0.39 is 0 Å². The first-order chi connectivity index (χ1) is 5.70. The number of rotatable bonds is 3. The van der Waals surface area contributed by atoms with Gasteiger partial charge in [0.05, 0.1) is 12.3 Å². The summed E-state index contributed by atoms with van der Waals surface area (Å²) in [7, 11) is 3.51. The summed E-state index contributed by atoms with van der Waals surface area (Å²) < 4.78 is 7.66. The van der Waals surface area contributed by atoms with Gasteiger partial charge in [0.1, 0.15) is 4.60 Å². The van der Waals surface area contributed by atoms with Crippen LogP contribution in [0.25, 0.3) is 0 Å². The van der Waals surface area contributed by atoms with Crippen molar-refractivity contribution in [3.8, 4) is 0 Å². The molecule has 0 aliphatic rings. The van der Waals surface area contributed by atoms with E-state index in [2.05, 4.69) is 21.0 Å². The van der Waals surface area contributed by atoms with Gasteiger partial charge in [-0.05, 0) is 15.9 Å². The summed E-state index contributed by atoms with van der Waals surface area (Å²) in [5.74, 6) is 0. The number of nitrogens with zero attached hydrogens (tertiary/aromatic N) is 2. The molecule has 5 heteroatoms. The SMILES string of the molecule is COCc1nn(C)c(Br)c1CN. The Morgan fingerprint density at radius 2 is 2.33 bits per heavy atom. The molecule has 1 aromatic rings. The van der Waals surface area contributed by atoms with Crippen LogP contribution in [0.5, 0.6) is 0 Å². The van der Waals surface area contributed by atoms with Gasteiger partial charge in [-0.3, -0.25) is 4.68 Å². The molecule has 0 atom stereocenters. The minimum atomic E-state index is 0.479. The fourth-order valence-electron chi connectivity index (χ4n) is 1.05. The normalized spacial score (nSPS) is 10.7. The van der Waals surface area contributed by atoms with Gasteiger partial charge in [-0.2, -0.15) is 5.10 Å². The van der Waals surface area contributed by atoms with E-state index in [1.54, 1.807) is 11.8 Å². The summed E-state index contributed by atoms with van der Waals surface area (Å²) in [6.07, 6.45) is 0. The first kappa shape index (κ1) is 9.70. The van der Waals surface area contributed by atoms with Gasteiger partial charge in [-0.25, -0.2) is 0 Å². The monoisotopic (exact) mass is 233 g/mol. The van der Waals surface area contributed by atoms with E-state index in [0.29, 0.717) is 13.2 Å². The van der Waals surface area contributed by atoms with Crippen LogP contribution in [0.3, 0.4) is 0 Å². The Bertz CT molecular complexity index is 272. The predicted molar refractivity (Wildman–Crippen MR) is 49.5 cm³/mol. The van der Waals surface area contributed by atoms with Crippen LogP contribution in [0.4, 0.5) is 0 Å². The molecule has 1 aromatic heterocycles. The number of nitrogens with two attached hydrogens (primary N) is 1. The first-order valence-electron chi connectivity index (χ1n) is 3.60. The van der Waals surface area contributed by atoms with Crippen LogP contribution < -0.4 is 5.73 Å². The van der Waals surface area contributed by atoms with E-state index in [1.807, 2.05) is 7.05 Å². The van der Waals surface area contributed by atoms with E-state index in [4.69, 9.17) is 10.5 Å². The third-order valence-corrected chi connectivity index (χ3v) is 2.63. The highest BCUT2D eigenvalue weighted by atomic mass is 79.9. The molecule has 4 nitrogen and oxygen atoms in total. The summed E-state index contributed by atoms with van der Waals surface area (Å²) in [4.78, 5) is 0. The van der Waals surface area contributed by atoms with Gasteiger partial charge in [0.15, 0.2) is 0 Å². The number of methoxy groups -OCH3 is 1. The van der Waals surface area contributed by atoms with Crippen molar-refractivity contribution < 1.29 is 4.74 Å². The maximum absolute atomic E-state index is 5.56. The third-order valence-electron chi connectivity index (χ3n) is 1.64. The molecule has 0 aliphatic heterocycles. The molecule has 1 heterocycles. The Hall–Kier alpha value is -0.390. The second kappa shape index (κ2) is 4.02. The molecule has 68 valence electrons. The summed E-state index contributed by atoms with van der Waals surface area (Å²) in [6.45, 7) is 0.985. The minimum absolute atomic E-state index is 0.479. The van der Waals surface area contributed by atoms with Gasteiger partial charge in [0.2, 0.25) is 0 Å². The maximum Gasteiger partial charge on any atom is 0.108 e. The second-order valence-corrected chi connectivity index (χ2v) is 3.23. The minimum Gasteiger partial charge on any atom is -0.378 e. The molecule has 0 aromatic carbocycles. The lowest BCUT2D eigenvalue weighted by atomic mass is 10.2. The van der Waals surface area contributed by atoms with Crippen LogP contribution in [-0.4, -0.2) is 16.9 Å². The number of hydrogen-bond donors (Lipinski definition) is 1. The maximum atomic E-state index is 5.56. The molecule has 0 spiro atoms. The zero-order chi connectivity index (χ0) is 9.14. The van der Waals surface area contributed by atoms with Gasteiger partial charge in [-0.15, -0.1) is 0 Å². The van der Waals surface area contributed by atoms with Crippen molar-refractivity contribution in [3.63, 3.8) is 0 Å². The van der Waals surface area contributed by atoms with Crippen LogP contribution >= 0.6 is 15.9 Å². The van der Waals surface area contributed by atoms with E-state index in [1.165, 1.54) is 0 Å². The third kappa shape index (κ3) is 1.68. The average Bonchev–Trinajstić information content (AvgIpc) is 2.29. The molecular formula is C7H12BrN3O. The fourth-order valence-corrected chi connectivity index (χ4v) is 1.52. The summed E-state index contributed by atoms with van der Waals surface area (Å²) in [5.41, 5.74) is 7.47. The van der Waals surface area contributed by atoms with Crippen molar-refractivity contribution in [2.24, 2.45) is 12.8 Å². The predicted octanol–water partition coefficient (Wildman–Crippen LogP) is 0.788. The topological polar surface area (TPSA) is 53.1 Å². The highest BCUT2D eigenvalue weighted by Gasteiger charge is 2.11. The van der Waals surface area contributed by atoms with E-state index >= 15 is 0 Å². The van der Waals surface area contributed by atoms with Crippen molar-refractivity contribution in [1.29, 1.82) is 0 Å². The standard InChI is InChI=1S/C7H12BrN3O/c1-11-7(8)5(3-9)6(10-11)4-12-2/h3-4,9H2,1-2H3. The molecule has 0 saturated carbocycles. The Morgan fingerprint density at radius 3 is 2.83 bits per heavy atom. The average molecular weight is 234 g/mol. The van der Waals surface area contributed by atoms with E-state index in [9.17, 15) is 0 Å². The molecular weight excluding hydrogens is 222 g/mol. The summed E-state index contributed by atoms with van der Waals surface area (Å²) in [5, 5.41) is 4.24. The van der Waals surface area contributed by atoms with Crippen molar-refractivity contribution in [1.82, 2.24) is 9.78 Å². The Balaban J connectivity index is 3.02. The summed E-state index contributed by atoms with van der Waals surface area (Å²) in [6, 6.07) is 0. The molecule has 1 rings (SSSR count). The van der Waals surface area contributed by atoms with Crippen LogP contribution in [0.15, 0.2) is 4.60 Å². The molecule has 0 aliphatic carbocycles. The van der Waals surface area contributed by atoms with E-state index in [0.717, 1.165) is 15.9 Å². The lowest BCUT2D eigenvalue weighted by molar-refractivity contribution is 0.180. The van der Waals surface area contributed by atoms with Gasteiger partial charge in [0.25, 0.3) is 0 Å². The van der Waals surface area contributed by atoms with Gasteiger partial charge in [-0.1, -0.05) is 0 Å². The number of aryl methyl sites for hydroxylation is 1. The molecule has 0 amide bonds. The van der Waals surface area contributed by atoms with Gasteiger partial charge < -0.3 is 10.5 Å². The number of halogens is 1. The molecule has 0 bridgehead atoms. The second-order valence-electron chi connectivity index (χ2n) is 2.48. The molecule has 0 fully saturated rings. The molecule has 0 saturated heterocycles. The number of ether oxygens (including phenoxy) is 1. The van der Waals surface area contributed by atoms with Gasteiger partial charge in [0, 0.05) is 26.3 Å². The largest absolute Gasteiger partial charge is 0.378 e. The quantitative estimate of drug-likeness (QED) is 0.841.